The maximum Gasteiger partial charge on any atom is 0.321 e. The van der Waals surface area contributed by atoms with E-state index in [0.717, 1.165) is 10.8 Å². The van der Waals surface area contributed by atoms with Gasteiger partial charge in [0.25, 0.3) is 5.91 Å². The molecule has 3 rings (SSSR count). The van der Waals surface area contributed by atoms with E-state index in [0.29, 0.717) is 10.7 Å². The van der Waals surface area contributed by atoms with Crippen LogP contribution in [-0.4, -0.2) is 33.4 Å². The molecular weight excluding hydrogens is 416 g/mol. The van der Waals surface area contributed by atoms with Crippen molar-refractivity contribution in [2.75, 3.05) is 18.5 Å². The lowest BCUT2D eigenvalue weighted by atomic mass is 10.1. The second-order valence-corrected chi connectivity index (χ2v) is 8.20. The van der Waals surface area contributed by atoms with Crippen LogP contribution in [0, 0.1) is 0 Å². The van der Waals surface area contributed by atoms with E-state index in [4.69, 9.17) is 16.3 Å². The van der Waals surface area contributed by atoms with Crippen LogP contribution in [0.3, 0.4) is 0 Å². The fourth-order valence-corrected chi connectivity index (χ4v) is 3.70. The Morgan fingerprint density at radius 1 is 0.931 bits per heavy atom. The van der Waals surface area contributed by atoms with Crippen LogP contribution >= 0.6 is 11.6 Å². The number of hydrogen-bond acceptors (Lipinski definition) is 5. The largest absolute Gasteiger partial charge is 0.455 e. The van der Waals surface area contributed by atoms with E-state index in [9.17, 15) is 18.0 Å². The number of anilines is 1. The molecule has 2 N–H and O–H groups in total. The molecule has 0 radical (unpaired) electrons. The molecule has 0 aliphatic carbocycles. The van der Waals surface area contributed by atoms with Crippen LogP contribution in [0.4, 0.5) is 5.69 Å². The zero-order valence-corrected chi connectivity index (χ0v) is 16.7. The van der Waals surface area contributed by atoms with Gasteiger partial charge in [0.15, 0.2) is 6.61 Å². The van der Waals surface area contributed by atoms with Crippen LogP contribution in [0.2, 0.25) is 5.02 Å². The SMILES string of the molecule is O=C(COC(=O)CNS(=O)(=O)c1ccc2ccccc2c1)Nc1ccccc1Cl. The number of sulfonamides is 1. The summed E-state index contributed by atoms with van der Waals surface area (Å²) >= 11 is 5.93. The highest BCUT2D eigenvalue weighted by molar-refractivity contribution is 7.89. The van der Waals surface area contributed by atoms with Gasteiger partial charge < -0.3 is 10.1 Å². The maximum atomic E-state index is 12.4. The number of para-hydroxylation sites is 1. The Bertz CT molecular complexity index is 1160. The first kappa shape index (κ1) is 20.8. The molecule has 1 amide bonds. The molecule has 0 atom stereocenters. The zero-order valence-electron chi connectivity index (χ0n) is 15.1. The number of esters is 1. The quantitative estimate of drug-likeness (QED) is 0.559. The number of fused-ring (bicyclic) bond motifs is 1. The fraction of sp³-hybridized carbons (Fsp3) is 0.100. The predicted molar refractivity (Wildman–Crippen MR) is 110 cm³/mol. The lowest BCUT2D eigenvalue weighted by Gasteiger charge is -2.09. The molecule has 0 fully saturated rings. The number of ether oxygens (including phenoxy) is 1. The van der Waals surface area contributed by atoms with Gasteiger partial charge in [0, 0.05) is 0 Å². The summed E-state index contributed by atoms with van der Waals surface area (Å²) < 4.78 is 31.7. The lowest BCUT2D eigenvalue weighted by molar-refractivity contribution is -0.146. The molecule has 3 aromatic carbocycles. The van der Waals surface area contributed by atoms with Crippen LogP contribution in [0.15, 0.2) is 71.6 Å². The lowest BCUT2D eigenvalue weighted by Crippen LogP contribution is -2.32. The Morgan fingerprint density at radius 2 is 1.62 bits per heavy atom. The number of hydrogen-bond donors (Lipinski definition) is 2. The van der Waals surface area contributed by atoms with Crippen LogP contribution < -0.4 is 10.0 Å². The van der Waals surface area contributed by atoms with Gasteiger partial charge in [-0.2, -0.15) is 4.72 Å². The van der Waals surface area contributed by atoms with Crippen molar-refractivity contribution in [3.8, 4) is 0 Å². The summed E-state index contributed by atoms with van der Waals surface area (Å²) in [5.74, 6) is -1.48. The Balaban J connectivity index is 1.52. The van der Waals surface area contributed by atoms with Crippen molar-refractivity contribution < 1.29 is 22.7 Å². The summed E-state index contributed by atoms with van der Waals surface area (Å²) in [5.41, 5.74) is 0.382. The predicted octanol–water partition coefficient (Wildman–Crippen LogP) is 2.95. The van der Waals surface area contributed by atoms with E-state index in [2.05, 4.69) is 10.0 Å². The van der Waals surface area contributed by atoms with Crippen molar-refractivity contribution in [3.05, 3.63) is 71.8 Å². The summed E-state index contributed by atoms with van der Waals surface area (Å²) in [6, 6.07) is 18.6. The van der Waals surface area contributed by atoms with Crippen LogP contribution in [0.1, 0.15) is 0 Å². The highest BCUT2D eigenvalue weighted by Crippen LogP contribution is 2.20. The molecule has 29 heavy (non-hydrogen) atoms. The van der Waals surface area contributed by atoms with Gasteiger partial charge in [0.05, 0.1) is 15.6 Å². The van der Waals surface area contributed by atoms with Gasteiger partial charge >= 0.3 is 5.97 Å². The molecule has 3 aromatic rings. The molecule has 0 saturated carbocycles. The number of nitrogens with one attached hydrogen (secondary N) is 2. The first-order chi connectivity index (χ1) is 13.8. The van der Waals surface area contributed by atoms with E-state index < -0.39 is 35.1 Å². The average Bonchev–Trinajstić information content (AvgIpc) is 2.72. The van der Waals surface area contributed by atoms with Gasteiger partial charge in [0.2, 0.25) is 10.0 Å². The Kier molecular flexibility index (Phi) is 6.48. The Hall–Kier alpha value is -2.94. The summed E-state index contributed by atoms with van der Waals surface area (Å²) in [5, 5.41) is 4.49. The summed E-state index contributed by atoms with van der Waals surface area (Å²) in [6.45, 7) is -1.17. The van der Waals surface area contributed by atoms with E-state index in [-0.39, 0.29) is 4.90 Å². The Labute approximate surface area is 172 Å². The molecule has 0 aromatic heterocycles. The molecular formula is C20H17ClN2O5S. The number of benzene rings is 3. The maximum absolute atomic E-state index is 12.4. The third kappa shape index (κ3) is 5.54. The normalized spacial score (nSPS) is 11.2. The zero-order chi connectivity index (χ0) is 20.9. The second-order valence-electron chi connectivity index (χ2n) is 6.02. The number of carbonyl (C=O) groups excluding carboxylic acids is 2. The second kappa shape index (κ2) is 9.04. The molecule has 150 valence electrons. The number of carbonyl (C=O) groups is 2. The van der Waals surface area contributed by atoms with E-state index in [1.165, 1.54) is 12.1 Å². The Morgan fingerprint density at radius 3 is 2.38 bits per heavy atom. The molecule has 9 heteroatoms. The summed E-state index contributed by atoms with van der Waals surface area (Å²) in [4.78, 5) is 23.7. The van der Waals surface area contributed by atoms with Crippen molar-refractivity contribution in [3.63, 3.8) is 0 Å². The van der Waals surface area contributed by atoms with Crippen molar-refractivity contribution in [1.29, 1.82) is 0 Å². The summed E-state index contributed by atoms with van der Waals surface area (Å²) in [6.07, 6.45) is 0. The topological polar surface area (TPSA) is 102 Å². The molecule has 0 aliphatic rings. The number of halogens is 1. The van der Waals surface area contributed by atoms with Crippen molar-refractivity contribution in [2.24, 2.45) is 0 Å². The van der Waals surface area contributed by atoms with Gasteiger partial charge in [-0.05, 0) is 35.0 Å². The minimum absolute atomic E-state index is 0.0282. The molecule has 7 nitrogen and oxygen atoms in total. The van der Waals surface area contributed by atoms with E-state index in [1.54, 1.807) is 42.5 Å². The van der Waals surface area contributed by atoms with Crippen molar-refractivity contribution in [2.45, 2.75) is 4.90 Å². The average molecular weight is 433 g/mol. The van der Waals surface area contributed by atoms with Gasteiger partial charge in [-0.3, -0.25) is 9.59 Å². The van der Waals surface area contributed by atoms with Gasteiger partial charge in [-0.1, -0.05) is 54.1 Å². The monoisotopic (exact) mass is 432 g/mol. The van der Waals surface area contributed by atoms with Crippen LogP contribution in [-0.2, 0) is 24.3 Å². The molecule has 0 spiro atoms. The summed E-state index contributed by atoms with van der Waals surface area (Å²) in [7, 11) is -3.91. The minimum atomic E-state index is -3.91. The first-order valence-corrected chi connectivity index (χ1v) is 10.4. The van der Waals surface area contributed by atoms with E-state index in [1.807, 2.05) is 12.1 Å². The van der Waals surface area contributed by atoms with Gasteiger partial charge in [-0.15, -0.1) is 0 Å². The van der Waals surface area contributed by atoms with Gasteiger partial charge in [-0.25, -0.2) is 8.42 Å². The smallest absolute Gasteiger partial charge is 0.321 e. The van der Waals surface area contributed by atoms with Crippen molar-refractivity contribution >= 4 is 50.0 Å². The van der Waals surface area contributed by atoms with Crippen molar-refractivity contribution in [1.82, 2.24) is 4.72 Å². The molecule has 0 saturated heterocycles. The standard InChI is InChI=1S/C20H17ClN2O5S/c21-17-7-3-4-8-18(17)23-19(24)13-28-20(25)12-22-29(26,27)16-10-9-14-5-1-2-6-15(14)11-16/h1-11,22H,12-13H2,(H,23,24). The van der Waals surface area contributed by atoms with Gasteiger partial charge in [0.1, 0.15) is 6.54 Å². The third-order valence-electron chi connectivity index (χ3n) is 3.95. The van der Waals surface area contributed by atoms with Crippen LogP contribution in [0.5, 0.6) is 0 Å². The number of rotatable bonds is 7. The fourth-order valence-electron chi connectivity index (χ4n) is 2.52. The molecule has 0 bridgehead atoms. The van der Waals surface area contributed by atoms with Crippen LogP contribution in [0.25, 0.3) is 10.8 Å². The molecule has 0 unspecified atom stereocenters. The highest BCUT2D eigenvalue weighted by Gasteiger charge is 2.17. The highest BCUT2D eigenvalue weighted by atomic mass is 35.5. The minimum Gasteiger partial charge on any atom is -0.455 e. The first-order valence-electron chi connectivity index (χ1n) is 8.54. The molecule has 0 heterocycles. The third-order valence-corrected chi connectivity index (χ3v) is 5.68. The van der Waals surface area contributed by atoms with E-state index >= 15 is 0 Å². The number of amides is 1. The molecule has 0 aliphatic heterocycles.